The van der Waals surface area contributed by atoms with Crippen molar-refractivity contribution < 1.29 is 8.42 Å². The molecule has 0 bridgehead atoms. The summed E-state index contributed by atoms with van der Waals surface area (Å²) in [5, 5.41) is 7.41. The van der Waals surface area contributed by atoms with Crippen LogP contribution in [0.4, 0.5) is 0 Å². The van der Waals surface area contributed by atoms with Crippen molar-refractivity contribution in [2.24, 2.45) is 7.05 Å². The van der Waals surface area contributed by atoms with Crippen molar-refractivity contribution in [3.05, 3.63) is 26.0 Å². The van der Waals surface area contributed by atoms with Gasteiger partial charge in [0, 0.05) is 22.8 Å². The summed E-state index contributed by atoms with van der Waals surface area (Å²) in [7, 11) is -2.15. The number of rotatable bonds is 4. The monoisotopic (exact) mass is 378 g/mol. The molecule has 110 valence electrons. The van der Waals surface area contributed by atoms with Crippen LogP contribution in [0, 0.1) is 13.8 Å². The predicted molar refractivity (Wildman–Crippen MR) is 81.2 cm³/mol. The molecule has 0 aliphatic rings. The van der Waals surface area contributed by atoms with Crippen LogP contribution in [0.25, 0.3) is 0 Å². The molecule has 6 nitrogen and oxygen atoms in total. The molecule has 0 saturated carbocycles. The van der Waals surface area contributed by atoms with Crippen LogP contribution < -0.4 is 4.72 Å². The standard InChI is InChI=1S/C11H15BrN4O2S2/c1-6-5-9(8(3)19-6)7(2)14-20(17,18)11-10(12)13-15-16(11)4/h5,7,14H,1-4H3. The van der Waals surface area contributed by atoms with Gasteiger partial charge in [-0.2, -0.15) is 0 Å². The molecule has 0 fully saturated rings. The Morgan fingerprint density at radius 3 is 2.55 bits per heavy atom. The molecule has 0 aromatic carbocycles. The summed E-state index contributed by atoms with van der Waals surface area (Å²) >= 11 is 4.76. The molecule has 0 radical (unpaired) electrons. The maximum absolute atomic E-state index is 12.4. The summed E-state index contributed by atoms with van der Waals surface area (Å²) in [6.07, 6.45) is 0. The molecule has 20 heavy (non-hydrogen) atoms. The zero-order valence-electron chi connectivity index (χ0n) is 11.5. The fourth-order valence-corrected chi connectivity index (χ4v) is 5.38. The third kappa shape index (κ3) is 2.95. The molecule has 2 heterocycles. The lowest BCUT2D eigenvalue weighted by Crippen LogP contribution is -2.29. The Hall–Kier alpha value is -0.770. The van der Waals surface area contributed by atoms with Gasteiger partial charge in [-0.25, -0.2) is 17.8 Å². The van der Waals surface area contributed by atoms with Gasteiger partial charge in [0.05, 0.1) is 0 Å². The van der Waals surface area contributed by atoms with Gasteiger partial charge < -0.3 is 0 Å². The summed E-state index contributed by atoms with van der Waals surface area (Å²) < 4.78 is 28.9. The van der Waals surface area contributed by atoms with E-state index < -0.39 is 10.0 Å². The van der Waals surface area contributed by atoms with Crippen molar-refractivity contribution in [3.63, 3.8) is 0 Å². The van der Waals surface area contributed by atoms with Crippen LogP contribution in [-0.2, 0) is 17.1 Å². The van der Waals surface area contributed by atoms with Gasteiger partial charge in [-0.1, -0.05) is 5.21 Å². The molecular formula is C11H15BrN4O2S2. The molecule has 2 rings (SSSR count). The Balaban J connectivity index is 2.32. The summed E-state index contributed by atoms with van der Waals surface area (Å²) in [6.45, 7) is 5.81. The number of halogens is 1. The van der Waals surface area contributed by atoms with E-state index >= 15 is 0 Å². The Labute approximate surface area is 130 Å². The predicted octanol–water partition coefficient (Wildman–Crippen LogP) is 2.30. The average molecular weight is 379 g/mol. The minimum Gasteiger partial charge on any atom is -0.235 e. The molecule has 1 N–H and O–H groups in total. The molecule has 0 saturated heterocycles. The van der Waals surface area contributed by atoms with E-state index in [0.717, 1.165) is 15.3 Å². The lowest BCUT2D eigenvalue weighted by atomic mass is 10.1. The lowest BCUT2D eigenvalue weighted by molar-refractivity contribution is 0.548. The van der Waals surface area contributed by atoms with Gasteiger partial charge in [0.25, 0.3) is 10.0 Å². The molecule has 2 aromatic rings. The van der Waals surface area contributed by atoms with Gasteiger partial charge in [0.15, 0.2) is 4.60 Å². The second-order valence-corrected chi connectivity index (χ2v) is 8.36. The van der Waals surface area contributed by atoms with Crippen LogP contribution in [0.3, 0.4) is 0 Å². The molecule has 1 unspecified atom stereocenters. The fraction of sp³-hybridized carbons (Fsp3) is 0.455. The van der Waals surface area contributed by atoms with Crippen molar-refractivity contribution >= 4 is 37.3 Å². The van der Waals surface area contributed by atoms with E-state index in [1.807, 2.05) is 26.8 Å². The zero-order chi connectivity index (χ0) is 15.1. The third-order valence-electron chi connectivity index (χ3n) is 2.87. The van der Waals surface area contributed by atoms with Gasteiger partial charge in [-0.3, -0.25) is 0 Å². The molecule has 0 spiro atoms. The van der Waals surface area contributed by atoms with Gasteiger partial charge in [-0.05, 0) is 48.3 Å². The first kappa shape index (κ1) is 15.6. The second-order valence-electron chi connectivity index (χ2n) is 4.52. The van der Waals surface area contributed by atoms with E-state index in [1.54, 1.807) is 11.3 Å². The number of aromatic nitrogens is 3. The number of hydrogen-bond acceptors (Lipinski definition) is 5. The smallest absolute Gasteiger partial charge is 0.235 e. The number of sulfonamides is 1. The quantitative estimate of drug-likeness (QED) is 0.885. The molecule has 1 atom stereocenters. The number of nitrogens with zero attached hydrogens (tertiary/aromatic N) is 3. The van der Waals surface area contributed by atoms with E-state index in [1.165, 1.54) is 11.7 Å². The van der Waals surface area contributed by atoms with E-state index in [2.05, 4.69) is 31.0 Å². The first-order valence-electron chi connectivity index (χ1n) is 5.87. The summed E-state index contributed by atoms with van der Waals surface area (Å²) in [5.74, 6) is 0. The summed E-state index contributed by atoms with van der Waals surface area (Å²) in [5.41, 5.74) is 0.988. The SMILES string of the molecule is Cc1cc(C(C)NS(=O)(=O)c2c(Br)nnn2C)c(C)s1. The zero-order valence-corrected chi connectivity index (χ0v) is 14.7. The van der Waals surface area contributed by atoms with Crippen LogP contribution in [0.5, 0.6) is 0 Å². The van der Waals surface area contributed by atoms with Gasteiger partial charge in [0.2, 0.25) is 5.03 Å². The maximum Gasteiger partial charge on any atom is 0.261 e. The van der Waals surface area contributed by atoms with Crippen molar-refractivity contribution in [2.45, 2.75) is 31.8 Å². The van der Waals surface area contributed by atoms with Crippen LogP contribution in [-0.4, -0.2) is 23.4 Å². The lowest BCUT2D eigenvalue weighted by Gasteiger charge is -2.14. The van der Waals surface area contributed by atoms with Gasteiger partial charge >= 0.3 is 0 Å². The largest absolute Gasteiger partial charge is 0.261 e. The molecule has 0 amide bonds. The molecule has 9 heteroatoms. The number of aryl methyl sites for hydroxylation is 3. The van der Waals surface area contributed by atoms with Crippen molar-refractivity contribution in [1.29, 1.82) is 0 Å². The molecule has 0 aliphatic carbocycles. The first-order chi connectivity index (χ1) is 9.22. The van der Waals surface area contributed by atoms with Gasteiger partial charge in [-0.15, -0.1) is 16.4 Å². The highest BCUT2D eigenvalue weighted by molar-refractivity contribution is 9.10. The Morgan fingerprint density at radius 2 is 2.10 bits per heavy atom. The van der Waals surface area contributed by atoms with Crippen molar-refractivity contribution in [2.75, 3.05) is 0 Å². The topological polar surface area (TPSA) is 76.9 Å². The molecule has 0 aliphatic heterocycles. The highest BCUT2D eigenvalue weighted by Crippen LogP contribution is 2.28. The van der Waals surface area contributed by atoms with Crippen LogP contribution in [0.15, 0.2) is 15.7 Å². The van der Waals surface area contributed by atoms with Gasteiger partial charge in [0.1, 0.15) is 0 Å². The third-order valence-corrected chi connectivity index (χ3v) is 6.28. The maximum atomic E-state index is 12.4. The average Bonchev–Trinajstić information content (AvgIpc) is 2.81. The fourth-order valence-electron chi connectivity index (χ4n) is 2.04. The summed E-state index contributed by atoms with van der Waals surface area (Å²) in [6, 6.07) is 1.69. The Kier molecular flexibility index (Phi) is 4.33. The van der Waals surface area contributed by atoms with E-state index in [-0.39, 0.29) is 15.7 Å². The van der Waals surface area contributed by atoms with E-state index in [4.69, 9.17) is 0 Å². The van der Waals surface area contributed by atoms with E-state index in [9.17, 15) is 8.42 Å². The van der Waals surface area contributed by atoms with Crippen LogP contribution in [0.1, 0.15) is 28.3 Å². The van der Waals surface area contributed by atoms with Crippen molar-refractivity contribution in [3.8, 4) is 0 Å². The van der Waals surface area contributed by atoms with E-state index in [0.29, 0.717) is 0 Å². The first-order valence-corrected chi connectivity index (χ1v) is 8.96. The van der Waals surface area contributed by atoms with Crippen molar-refractivity contribution in [1.82, 2.24) is 19.7 Å². The Bertz CT molecular complexity index is 716. The highest BCUT2D eigenvalue weighted by Gasteiger charge is 2.26. The number of thiophene rings is 1. The highest BCUT2D eigenvalue weighted by atomic mass is 79.9. The van der Waals surface area contributed by atoms with Crippen LogP contribution >= 0.6 is 27.3 Å². The number of hydrogen-bond donors (Lipinski definition) is 1. The summed E-state index contributed by atoms with van der Waals surface area (Å²) in [4.78, 5) is 2.27. The minimum absolute atomic E-state index is 0.0222. The van der Waals surface area contributed by atoms with Crippen LogP contribution in [0.2, 0.25) is 0 Å². The Morgan fingerprint density at radius 1 is 1.45 bits per heavy atom. The number of nitrogens with one attached hydrogen (secondary N) is 1. The molecule has 2 aromatic heterocycles. The second kappa shape index (κ2) is 5.55. The molecular weight excluding hydrogens is 364 g/mol. The minimum atomic E-state index is -3.69. The normalized spacial score (nSPS) is 13.7.